The van der Waals surface area contributed by atoms with Gasteiger partial charge in [-0.25, -0.2) is 9.18 Å². The highest BCUT2D eigenvalue weighted by molar-refractivity contribution is 5.80. The van der Waals surface area contributed by atoms with E-state index in [-0.39, 0.29) is 36.5 Å². The van der Waals surface area contributed by atoms with Gasteiger partial charge < -0.3 is 14.2 Å². The van der Waals surface area contributed by atoms with Crippen LogP contribution in [0.5, 0.6) is 5.75 Å². The molecule has 1 aliphatic carbocycles. The van der Waals surface area contributed by atoms with Gasteiger partial charge in [-0.3, -0.25) is 4.90 Å². The van der Waals surface area contributed by atoms with Crippen molar-refractivity contribution >= 4 is 11.7 Å². The Kier molecular flexibility index (Phi) is 5.53. The summed E-state index contributed by atoms with van der Waals surface area (Å²) < 4.78 is 30.8. The van der Waals surface area contributed by atoms with Crippen LogP contribution in [-0.2, 0) is 9.47 Å². The number of hydrogen-bond donors (Lipinski definition) is 0. The molecule has 2 heterocycles. The molecule has 2 bridgehead atoms. The van der Waals surface area contributed by atoms with E-state index in [0.717, 1.165) is 11.1 Å². The fourth-order valence-corrected chi connectivity index (χ4v) is 5.68. The molecular weight excluding hydrogens is 445 g/mol. The van der Waals surface area contributed by atoms with Crippen LogP contribution in [0.25, 0.3) is 16.7 Å². The van der Waals surface area contributed by atoms with Crippen molar-refractivity contribution in [2.45, 2.75) is 24.4 Å². The molecule has 0 radical (unpaired) electrons. The normalized spacial score (nSPS) is 20.6. The van der Waals surface area contributed by atoms with Crippen LogP contribution >= 0.6 is 0 Å². The Morgan fingerprint density at radius 3 is 2.40 bits per heavy atom. The topological polar surface area (TPSA) is 48.0 Å². The number of ether oxygens (including phenoxy) is 3. The van der Waals surface area contributed by atoms with Gasteiger partial charge in [0.25, 0.3) is 0 Å². The van der Waals surface area contributed by atoms with Gasteiger partial charge in [0.2, 0.25) is 0 Å². The number of morpholine rings is 1. The first kappa shape index (κ1) is 21.9. The number of amides is 1. The summed E-state index contributed by atoms with van der Waals surface area (Å²) in [6, 6.07) is 20.8. The molecule has 6 rings (SSSR count). The number of benzene rings is 3. The van der Waals surface area contributed by atoms with E-state index in [1.807, 2.05) is 30.3 Å². The number of halogens is 1. The van der Waals surface area contributed by atoms with Crippen LogP contribution in [0.2, 0.25) is 0 Å². The molecule has 0 N–H and O–H groups in total. The van der Waals surface area contributed by atoms with Crippen LogP contribution in [0.1, 0.15) is 29.0 Å². The highest BCUT2D eigenvalue weighted by Crippen LogP contribution is 2.45. The second kappa shape index (κ2) is 8.86. The molecule has 2 unspecified atom stereocenters. The minimum absolute atomic E-state index is 0.0156. The molecule has 1 amide bonds. The van der Waals surface area contributed by atoms with E-state index in [1.165, 1.54) is 41.5 Å². The average Bonchev–Trinajstić information content (AvgIpc) is 3.20. The third-order valence-electron chi connectivity index (χ3n) is 7.26. The van der Waals surface area contributed by atoms with Crippen LogP contribution in [0, 0.1) is 5.82 Å². The lowest BCUT2D eigenvalue weighted by Crippen LogP contribution is -2.56. The smallest absolute Gasteiger partial charge is 0.410 e. The SMILES string of the molecule is COc1cc(F)ccc1C1=CC2COCC(C1)N2C(=O)OCC1c2ccccc2-c2ccccc21. The molecule has 1 saturated heterocycles. The highest BCUT2D eigenvalue weighted by atomic mass is 19.1. The third kappa shape index (κ3) is 3.78. The van der Waals surface area contributed by atoms with Gasteiger partial charge in [-0.05, 0) is 46.4 Å². The molecule has 0 aromatic heterocycles. The number of rotatable bonds is 4. The standard InChI is InChI=1S/C29H26FNO4/c1-33-28-14-19(30)10-11-22(28)18-12-20-15-34-16-21(13-18)31(20)29(32)35-17-27-25-8-4-2-6-23(25)24-7-3-5-9-26(24)27/h2-12,14,20-21,27H,13,15-17H2,1H3. The monoisotopic (exact) mass is 471 g/mol. The summed E-state index contributed by atoms with van der Waals surface area (Å²) in [6.45, 7) is 1.11. The van der Waals surface area contributed by atoms with Gasteiger partial charge >= 0.3 is 6.09 Å². The number of nitrogens with zero attached hydrogens (tertiary/aromatic N) is 1. The third-order valence-corrected chi connectivity index (χ3v) is 7.26. The van der Waals surface area contributed by atoms with E-state index >= 15 is 0 Å². The van der Waals surface area contributed by atoms with E-state index in [4.69, 9.17) is 14.2 Å². The summed E-state index contributed by atoms with van der Waals surface area (Å²) in [5.74, 6) is 0.164. The van der Waals surface area contributed by atoms with E-state index in [9.17, 15) is 9.18 Å². The second-order valence-electron chi connectivity index (χ2n) is 9.21. The van der Waals surface area contributed by atoms with E-state index < -0.39 is 0 Å². The molecule has 3 aromatic carbocycles. The second-order valence-corrected chi connectivity index (χ2v) is 9.21. The highest BCUT2D eigenvalue weighted by Gasteiger charge is 2.40. The van der Waals surface area contributed by atoms with Gasteiger partial charge in [0, 0.05) is 17.5 Å². The van der Waals surface area contributed by atoms with Gasteiger partial charge in [-0.2, -0.15) is 0 Å². The first-order valence-electron chi connectivity index (χ1n) is 11.9. The molecule has 3 aromatic rings. The number of methoxy groups -OCH3 is 1. The predicted molar refractivity (Wildman–Crippen MR) is 131 cm³/mol. The van der Waals surface area contributed by atoms with Crippen molar-refractivity contribution in [1.82, 2.24) is 4.90 Å². The Hall–Kier alpha value is -3.64. The quantitative estimate of drug-likeness (QED) is 0.494. The van der Waals surface area contributed by atoms with E-state index in [1.54, 1.807) is 11.0 Å². The fraction of sp³-hybridized carbons (Fsp3) is 0.276. The molecule has 1 fully saturated rings. The summed E-state index contributed by atoms with van der Waals surface area (Å²) in [6.07, 6.45) is 2.28. The first-order valence-corrected chi connectivity index (χ1v) is 11.9. The fourth-order valence-electron chi connectivity index (χ4n) is 5.68. The predicted octanol–water partition coefficient (Wildman–Crippen LogP) is 5.64. The van der Waals surface area contributed by atoms with Gasteiger partial charge in [0.1, 0.15) is 18.2 Å². The van der Waals surface area contributed by atoms with Crippen LogP contribution in [-0.4, -0.2) is 50.0 Å². The molecule has 0 saturated carbocycles. The molecule has 2 aliphatic heterocycles. The van der Waals surface area contributed by atoms with Gasteiger partial charge in [-0.1, -0.05) is 54.6 Å². The van der Waals surface area contributed by atoms with Crippen molar-refractivity contribution in [3.63, 3.8) is 0 Å². The summed E-state index contributed by atoms with van der Waals surface area (Å²) in [5, 5.41) is 0. The van der Waals surface area contributed by atoms with Crippen LogP contribution < -0.4 is 4.74 Å². The van der Waals surface area contributed by atoms with Gasteiger partial charge in [0.05, 0.1) is 32.4 Å². The summed E-state index contributed by atoms with van der Waals surface area (Å²) in [4.78, 5) is 15.1. The average molecular weight is 472 g/mol. The maximum Gasteiger partial charge on any atom is 0.410 e. The van der Waals surface area contributed by atoms with Crippen molar-refractivity contribution in [3.8, 4) is 16.9 Å². The van der Waals surface area contributed by atoms with Crippen LogP contribution in [0.15, 0.2) is 72.8 Å². The minimum atomic E-state index is -0.342. The molecule has 3 aliphatic rings. The number of carbonyl (C=O) groups excluding carboxylic acids is 1. The Morgan fingerprint density at radius 2 is 1.71 bits per heavy atom. The van der Waals surface area contributed by atoms with Crippen molar-refractivity contribution in [2.24, 2.45) is 0 Å². The zero-order valence-electron chi connectivity index (χ0n) is 19.4. The molecular formula is C29H26FNO4. The number of hydrogen-bond acceptors (Lipinski definition) is 4. The zero-order valence-corrected chi connectivity index (χ0v) is 19.4. The molecule has 6 heteroatoms. The molecule has 2 atom stereocenters. The minimum Gasteiger partial charge on any atom is -0.496 e. The molecule has 178 valence electrons. The summed E-state index contributed by atoms with van der Waals surface area (Å²) >= 11 is 0. The van der Waals surface area contributed by atoms with Crippen molar-refractivity contribution < 1.29 is 23.4 Å². The largest absolute Gasteiger partial charge is 0.496 e. The maximum atomic E-state index is 13.7. The Bertz CT molecular complexity index is 1270. The van der Waals surface area contributed by atoms with Crippen LogP contribution in [0.3, 0.4) is 0 Å². The Morgan fingerprint density at radius 1 is 1.00 bits per heavy atom. The maximum absolute atomic E-state index is 13.7. The first-order chi connectivity index (χ1) is 17.1. The molecule has 5 nitrogen and oxygen atoms in total. The number of carbonyl (C=O) groups is 1. The lowest BCUT2D eigenvalue weighted by molar-refractivity contribution is -0.0331. The van der Waals surface area contributed by atoms with Crippen molar-refractivity contribution in [2.75, 3.05) is 26.9 Å². The lowest BCUT2D eigenvalue weighted by Gasteiger charge is -2.44. The molecule has 0 spiro atoms. The zero-order chi connectivity index (χ0) is 23.9. The van der Waals surface area contributed by atoms with Crippen molar-refractivity contribution in [1.29, 1.82) is 0 Å². The number of fused-ring (bicyclic) bond motifs is 5. The van der Waals surface area contributed by atoms with Gasteiger partial charge in [-0.15, -0.1) is 0 Å². The van der Waals surface area contributed by atoms with Crippen molar-refractivity contribution in [3.05, 3.63) is 95.3 Å². The lowest BCUT2D eigenvalue weighted by atomic mass is 9.89. The van der Waals surface area contributed by atoms with Crippen LogP contribution in [0.4, 0.5) is 9.18 Å². The van der Waals surface area contributed by atoms with Gasteiger partial charge in [0.15, 0.2) is 0 Å². The Balaban J connectivity index is 1.23. The summed E-state index contributed by atoms with van der Waals surface area (Å²) in [5.41, 5.74) is 6.66. The Labute approximate surface area is 203 Å². The van der Waals surface area contributed by atoms with E-state index in [0.29, 0.717) is 25.4 Å². The van der Waals surface area contributed by atoms with E-state index in [2.05, 4.69) is 24.3 Å². The molecule has 35 heavy (non-hydrogen) atoms. The summed E-state index contributed by atoms with van der Waals surface area (Å²) in [7, 11) is 1.54.